The average Bonchev–Trinajstić information content (AvgIpc) is 2.86. The van der Waals surface area contributed by atoms with Crippen LogP contribution in [0.1, 0.15) is 110 Å². The second-order valence-corrected chi connectivity index (χ2v) is 10.9. The number of carbonyl (C=O) groups is 2. The average molecular weight is 476 g/mol. The second kappa shape index (κ2) is 15.0. The monoisotopic (exact) mass is 475 g/mol. The molecule has 0 heterocycles. The van der Waals surface area contributed by atoms with Crippen LogP contribution in [-0.2, 0) is 14.3 Å². The molecule has 34 heavy (non-hydrogen) atoms. The number of fused-ring (bicyclic) bond motifs is 1. The number of allylic oxidation sites excluding steroid dienone is 2. The molecule has 3 aliphatic carbocycles. The van der Waals surface area contributed by atoms with Crippen LogP contribution in [-0.4, -0.2) is 47.7 Å². The minimum absolute atomic E-state index is 0.0447. The first kappa shape index (κ1) is 27.4. The molecule has 2 saturated carbocycles. The molecule has 0 aromatic heterocycles. The van der Waals surface area contributed by atoms with Crippen LogP contribution in [0, 0.1) is 23.7 Å². The van der Waals surface area contributed by atoms with Crippen LogP contribution in [0.3, 0.4) is 0 Å². The molecule has 3 aliphatic rings. The lowest BCUT2D eigenvalue weighted by Gasteiger charge is -2.40. The van der Waals surface area contributed by atoms with Crippen molar-refractivity contribution < 1.29 is 19.4 Å². The maximum atomic E-state index is 13.0. The van der Waals surface area contributed by atoms with Gasteiger partial charge in [0.2, 0.25) is 5.91 Å². The van der Waals surface area contributed by atoms with E-state index in [1.165, 1.54) is 64.2 Å². The molecule has 0 radical (unpaired) electrons. The molecule has 1 N–H and O–H groups in total. The van der Waals surface area contributed by atoms with Crippen molar-refractivity contribution in [2.24, 2.45) is 23.7 Å². The number of aliphatic hydroxyl groups excluding tert-OH is 1. The maximum Gasteiger partial charge on any atom is 0.222 e. The summed E-state index contributed by atoms with van der Waals surface area (Å²) < 4.78 is 5.29. The van der Waals surface area contributed by atoms with Crippen LogP contribution in [0.4, 0.5) is 0 Å². The summed E-state index contributed by atoms with van der Waals surface area (Å²) in [6.45, 7) is 3.14. The zero-order chi connectivity index (χ0) is 24.2. The molecular formula is C29H49NO4. The Balaban J connectivity index is 1.42. The van der Waals surface area contributed by atoms with Crippen LogP contribution >= 0.6 is 0 Å². The molecule has 5 atom stereocenters. The first-order valence-corrected chi connectivity index (χ1v) is 14.3. The lowest BCUT2D eigenvalue weighted by Crippen LogP contribution is -2.39. The van der Waals surface area contributed by atoms with E-state index in [1.54, 1.807) is 4.90 Å². The van der Waals surface area contributed by atoms with E-state index in [4.69, 9.17) is 4.74 Å². The molecule has 0 aromatic carbocycles. The van der Waals surface area contributed by atoms with Gasteiger partial charge in [0, 0.05) is 31.9 Å². The van der Waals surface area contributed by atoms with E-state index in [-0.39, 0.29) is 18.4 Å². The van der Waals surface area contributed by atoms with Gasteiger partial charge >= 0.3 is 0 Å². The van der Waals surface area contributed by atoms with E-state index in [9.17, 15) is 14.7 Å². The Morgan fingerprint density at radius 2 is 1.82 bits per heavy atom. The molecule has 1 amide bonds. The highest BCUT2D eigenvalue weighted by Gasteiger charge is 2.37. The van der Waals surface area contributed by atoms with Crippen LogP contribution in [0.2, 0.25) is 0 Å². The van der Waals surface area contributed by atoms with Gasteiger partial charge in [-0.1, -0.05) is 50.7 Å². The number of hydrogen-bond acceptors (Lipinski definition) is 4. The number of aliphatic hydroxyl groups is 1. The normalized spacial score (nSPS) is 27.7. The maximum absolute atomic E-state index is 13.0. The van der Waals surface area contributed by atoms with E-state index in [0.717, 1.165) is 25.2 Å². The van der Waals surface area contributed by atoms with Crippen molar-refractivity contribution in [1.82, 2.24) is 4.90 Å². The molecule has 0 spiro atoms. The Morgan fingerprint density at radius 3 is 2.62 bits per heavy atom. The van der Waals surface area contributed by atoms with Crippen LogP contribution in [0.15, 0.2) is 12.2 Å². The van der Waals surface area contributed by atoms with E-state index in [2.05, 4.69) is 12.2 Å². The third kappa shape index (κ3) is 8.78. The van der Waals surface area contributed by atoms with Crippen molar-refractivity contribution in [3.63, 3.8) is 0 Å². The Kier molecular flexibility index (Phi) is 12.1. The molecule has 5 heteroatoms. The summed E-state index contributed by atoms with van der Waals surface area (Å²) in [6, 6.07) is 0. The highest BCUT2D eigenvalue weighted by Crippen LogP contribution is 2.44. The summed E-state index contributed by atoms with van der Waals surface area (Å²) >= 11 is 0. The van der Waals surface area contributed by atoms with Crippen molar-refractivity contribution in [3.05, 3.63) is 12.2 Å². The molecule has 5 nitrogen and oxygen atoms in total. The fourth-order valence-electron chi connectivity index (χ4n) is 6.68. The standard InChI is InChI=1S/C29H49NO4/c1-2-34-29(33)22-30(21-9-8-14-23-12-4-3-5-13-23)28(32)20-11-19-27(31)26-18-10-16-24-15-6-7-17-25(24)26/h4,12,23-26,29,33H,2-3,5-11,13-22H2,1H3. The number of unbranched alkanes of at least 4 members (excludes halogenated alkanes) is 1. The summed E-state index contributed by atoms with van der Waals surface area (Å²) in [5.41, 5.74) is 0. The Hall–Kier alpha value is -1.20. The zero-order valence-corrected chi connectivity index (χ0v) is 21.6. The van der Waals surface area contributed by atoms with Crippen molar-refractivity contribution in [2.75, 3.05) is 19.7 Å². The van der Waals surface area contributed by atoms with Crippen molar-refractivity contribution in [2.45, 2.75) is 116 Å². The van der Waals surface area contributed by atoms with E-state index in [1.807, 2.05) is 6.92 Å². The van der Waals surface area contributed by atoms with Crippen molar-refractivity contribution in [1.29, 1.82) is 0 Å². The number of amides is 1. The topological polar surface area (TPSA) is 66.8 Å². The van der Waals surface area contributed by atoms with Gasteiger partial charge < -0.3 is 14.7 Å². The highest BCUT2D eigenvalue weighted by atomic mass is 16.6. The first-order valence-electron chi connectivity index (χ1n) is 14.3. The molecule has 2 fully saturated rings. The lowest BCUT2D eigenvalue weighted by atomic mass is 9.64. The minimum atomic E-state index is -0.942. The van der Waals surface area contributed by atoms with E-state index < -0.39 is 6.29 Å². The summed E-state index contributed by atoms with van der Waals surface area (Å²) in [6.07, 6.45) is 20.9. The smallest absolute Gasteiger partial charge is 0.222 e. The Labute approximate surface area is 207 Å². The summed E-state index contributed by atoms with van der Waals surface area (Å²) in [4.78, 5) is 27.8. The predicted octanol–water partition coefficient (Wildman–Crippen LogP) is 6.04. The van der Waals surface area contributed by atoms with Gasteiger partial charge in [0.15, 0.2) is 6.29 Å². The Morgan fingerprint density at radius 1 is 1.00 bits per heavy atom. The summed E-state index contributed by atoms with van der Waals surface area (Å²) in [5, 5.41) is 10.1. The number of ketones is 1. The van der Waals surface area contributed by atoms with Crippen LogP contribution < -0.4 is 0 Å². The number of rotatable bonds is 14. The molecule has 3 rings (SSSR count). The fourth-order valence-corrected chi connectivity index (χ4v) is 6.68. The van der Waals surface area contributed by atoms with Gasteiger partial charge in [-0.05, 0) is 76.0 Å². The van der Waals surface area contributed by atoms with E-state index in [0.29, 0.717) is 50.0 Å². The number of nitrogens with zero attached hydrogens (tertiary/aromatic N) is 1. The molecule has 0 saturated heterocycles. The van der Waals surface area contributed by atoms with Gasteiger partial charge in [-0.25, -0.2) is 0 Å². The quantitative estimate of drug-likeness (QED) is 0.189. The molecule has 0 aromatic rings. The van der Waals surface area contributed by atoms with E-state index >= 15 is 0 Å². The molecule has 0 aliphatic heterocycles. The minimum Gasteiger partial charge on any atom is -0.366 e. The van der Waals surface area contributed by atoms with Gasteiger partial charge in [-0.15, -0.1) is 0 Å². The van der Waals surface area contributed by atoms with Crippen LogP contribution in [0.25, 0.3) is 0 Å². The van der Waals surface area contributed by atoms with Crippen molar-refractivity contribution in [3.8, 4) is 0 Å². The SMILES string of the molecule is CCOC(O)CN(CCCCC1C=CCCC1)C(=O)CCCC(=O)C1CCCC2CCCCC21. The predicted molar refractivity (Wildman–Crippen MR) is 136 cm³/mol. The number of Topliss-reactive ketones (excluding diaryl/α,β-unsaturated/α-hetero) is 1. The highest BCUT2D eigenvalue weighted by molar-refractivity contribution is 5.82. The third-order valence-electron chi connectivity index (χ3n) is 8.50. The molecule has 5 unspecified atom stereocenters. The molecule has 194 valence electrons. The first-order chi connectivity index (χ1) is 16.6. The summed E-state index contributed by atoms with van der Waals surface area (Å²) in [5.74, 6) is 2.72. The largest absolute Gasteiger partial charge is 0.366 e. The van der Waals surface area contributed by atoms with Crippen molar-refractivity contribution >= 4 is 11.7 Å². The third-order valence-corrected chi connectivity index (χ3v) is 8.50. The lowest BCUT2D eigenvalue weighted by molar-refractivity contribution is -0.144. The van der Waals surface area contributed by atoms with Gasteiger partial charge in [0.1, 0.15) is 5.78 Å². The van der Waals surface area contributed by atoms with Crippen LogP contribution in [0.5, 0.6) is 0 Å². The zero-order valence-electron chi connectivity index (χ0n) is 21.6. The number of carbonyl (C=O) groups excluding carboxylic acids is 2. The van der Waals surface area contributed by atoms with Gasteiger partial charge in [0.05, 0.1) is 6.54 Å². The molecular weight excluding hydrogens is 426 g/mol. The van der Waals surface area contributed by atoms with Gasteiger partial charge in [0.25, 0.3) is 0 Å². The number of hydrogen-bond donors (Lipinski definition) is 1. The van der Waals surface area contributed by atoms with Gasteiger partial charge in [-0.2, -0.15) is 0 Å². The Bertz CT molecular complexity index is 646. The summed E-state index contributed by atoms with van der Waals surface area (Å²) in [7, 11) is 0. The fraction of sp³-hybridized carbons (Fsp3) is 0.862. The second-order valence-electron chi connectivity index (χ2n) is 10.9. The number of ether oxygens (including phenoxy) is 1. The molecule has 0 bridgehead atoms. The van der Waals surface area contributed by atoms with Gasteiger partial charge in [-0.3, -0.25) is 9.59 Å².